The zero-order chi connectivity index (χ0) is 18.6. The molecule has 3 rings (SSSR count). The zero-order valence-corrected chi connectivity index (χ0v) is 16.5. The molecule has 0 saturated carbocycles. The number of hydrogen-bond acceptors (Lipinski definition) is 4. The number of thiophene rings is 1. The van der Waals surface area contributed by atoms with Crippen molar-refractivity contribution in [3.05, 3.63) is 52.2 Å². The van der Waals surface area contributed by atoms with E-state index in [-0.39, 0.29) is 18.4 Å². The van der Waals surface area contributed by atoms with E-state index < -0.39 is 10.0 Å². The van der Waals surface area contributed by atoms with Gasteiger partial charge in [-0.15, -0.1) is 11.3 Å². The van der Waals surface area contributed by atoms with Crippen LogP contribution in [0.5, 0.6) is 0 Å². The molecule has 1 atom stereocenters. The van der Waals surface area contributed by atoms with Crippen molar-refractivity contribution >= 4 is 27.3 Å². The third-order valence-corrected chi connectivity index (χ3v) is 7.56. The Morgan fingerprint density at radius 1 is 1.15 bits per heavy atom. The van der Waals surface area contributed by atoms with Gasteiger partial charge in [0, 0.05) is 18.0 Å². The number of sulfonamides is 1. The van der Waals surface area contributed by atoms with Crippen LogP contribution in [0, 0.1) is 0 Å². The summed E-state index contributed by atoms with van der Waals surface area (Å²) >= 11 is 1.61. The maximum atomic E-state index is 12.6. The highest BCUT2D eigenvalue weighted by Crippen LogP contribution is 2.21. The van der Waals surface area contributed by atoms with E-state index >= 15 is 0 Å². The van der Waals surface area contributed by atoms with Crippen LogP contribution in [0.15, 0.2) is 46.7 Å². The van der Waals surface area contributed by atoms with Gasteiger partial charge in [0.15, 0.2) is 0 Å². The molecule has 0 aliphatic carbocycles. The van der Waals surface area contributed by atoms with Crippen LogP contribution in [0.1, 0.15) is 42.7 Å². The Hall–Kier alpha value is -1.70. The van der Waals surface area contributed by atoms with Crippen molar-refractivity contribution in [3.8, 4) is 0 Å². The smallest absolute Gasteiger partial charge is 0.243 e. The average molecular weight is 393 g/mol. The van der Waals surface area contributed by atoms with Crippen LogP contribution in [0.2, 0.25) is 0 Å². The first-order valence-electron chi connectivity index (χ1n) is 8.88. The number of hydrogen-bond donors (Lipinski definition) is 1. The summed E-state index contributed by atoms with van der Waals surface area (Å²) in [6, 6.07) is 10.6. The molecule has 26 heavy (non-hydrogen) atoms. The number of amides is 1. The molecule has 0 spiro atoms. The minimum atomic E-state index is -3.42. The maximum Gasteiger partial charge on any atom is 0.243 e. The highest BCUT2D eigenvalue weighted by molar-refractivity contribution is 7.89. The van der Waals surface area contributed by atoms with Crippen LogP contribution < -0.4 is 5.32 Å². The lowest BCUT2D eigenvalue weighted by Crippen LogP contribution is -2.35. The third kappa shape index (κ3) is 4.52. The van der Waals surface area contributed by atoms with Gasteiger partial charge in [0.2, 0.25) is 15.9 Å². The molecule has 7 heteroatoms. The number of carbonyl (C=O) groups excluding carboxylic acids is 1. The van der Waals surface area contributed by atoms with Gasteiger partial charge in [-0.2, -0.15) is 4.31 Å². The second-order valence-electron chi connectivity index (χ2n) is 6.59. The highest BCUT2D eigenvalue weighted by Gasteiger charge is 2.25. The number of carbonyl (C=O) groups is 1. The van der Waals surface area contributed by atoms with Gasteiger partial charge >= 0.3 is 0 Å². The number of nitrogens with one attached hydrogen (secondary N) is 1. The highest BCUT2D eigenvalue weighted by atomic mass is 32.2. The molecule has 5 nitrogen and oxygen atoms in total. The van der Waals surface area contributed by atoms with Gasteiger partial charge in [0.1, 0.15) is 0 Å². The summed E-state index contributed by atoms with van der Waals surface area (Å²) in [5.74, 6) is -0.0717. The molecule has 1 aromatic carbocycles. The Balaban J connectivity index is 1.61. The lowest BCUT2D eigenvalue weighted by Gasteiger charge is -2.25. The summed E-state index contributed by atoms with van der Waals surface area (Å²) in [5, 5.41) is 4.96. The predicted molar refractivity (Wildman–Crippen MR) is 104 cm³/mol. The van der Waals surface area contributed by atoms with Gasteiger partial charge in [-0.05, 0) is 48.9 Å². The molecular formula is C19H24N2O3S2. The first kappa shape index (κ1) is 19.1. The van der Waals surface area contributed by atoms with E-state index in [1.807, 2.05) is 24.4 Å². The summed E-state index contributed by atoms with van der Waals surface area (Å²) in [7, 11) is -3.42. The predicted octanol–water partition coefficient (Wildman–Crippen LogP) is 3.34. The van der Waals surface area contributed by atoms with Crippen molar-refractivity contribution in [3.63, 3.8) is 0 Å². The van der Waals surface area contributed by atoms with Crippen molar-refractivity contribution < 1.29 is 13.2 Å². The van der Waals surface area contributed by atoms with Crippen molar-refractivity contribution in [2.75, 3.05) is 13.1 Å². The van der Waals surface area contributed by atoms with Gasteiger partial charge in [-0.1, -0.05) is 24.6 Å². The number of nitrogens with zero attached hydrogens (tertiary/aromatic N) is 1. The van der Waals surface area contributed by atoms with Crippen LogP contribution in [0.4, 0.5) is 0 Å². The van der Waals surface area contributed by atoms with Gasteiger partial charge in [-0.25, -0.2) is 8.42 Å². The molecular weight excluding hydrogens is 368 g/mol. The molecule has 0 radical (unpaired) electrons. The summed E-state index contributed by atoms with van der Waals surface area (Å²) in [5.41, 5.74) is 0.804. The molecule has 2 aromatic rings. The molecule has 0 bridgehead atoms. The Labute approximate surface area is 159 Å². The van der Waals surface area contributed by atoms with Crippen LogP contribution in [0.3, 0.4) is 0 Å². The normalized spacial score (nSPS) is 17.0. The van der Waals surface area contributed by atoms with Crippen molar-refractivity contribution in [2.45, 2.75) is 43.5 Å². The molecule has 2 heterocycles. The van der Waals surface area contributed by atoms with Crippen LogP contribution >= 0.6 is 11.3 Å². The van der Waals surface area contributed by atoms with E-state index in [2.05, 4.69) is 5.32 Å². The summed E-state index contributed by atoms with van der Waals surface area (Å²) < 4.78 is 26.8. The maximum absolute atomic E-state index is 12.6. The lowest BCUT2D eigenvalue weighted by molar-refractivity contribution is -0.121. The van der Waals surface area contributed by atoms with Crippen molar-refractivity contribution in [2.24, 2.45) is 0 Å². The van der Waals surface area contributed by atoms with E-state index in [1.54, 1.807) is 39.9 Å². The quantitative estimate of drug-likeness (QED) is 0.820. The fourth-order valence-electron chi connectivity index (χ4n) is 3.12. The van der Waals surface area contributed by atoms with Crippen LogP contribution in [-0.2, 0) is 21.2 Å². The van der Waals surface area contributed by atoms with E-state index in [1.165, 1.54) is 0 Å². The first-order valence-corrected chi connectivity index (χ1v) is 11.2. The molecule has 1 aliphatic rings. The number of rotatable bonds is 6. The second kappa shape index (κ2) is 8.33. The van der Waals surface area contributed by atoms with Gasteiger partial charge in [-0.3, -0.25) is 4.79 Å². The molecule has 1 saturated heterocycles. The molecule has 1 N–H and O–H groups in total. The van der Waals surface area contributed by atoms with Crippen LogP contribution in [0.25, 0.3) is 0 Å². The van der Waals surface area contributed by atoms with E-state index in [0.29, 0.717) is 18.0 Å². The average Bonchev–Trinajstić information content (AvgIpc) is 3.18. The largest absolute Gasteiger partial charge is 0.348 e. The second-order valence-corrected chi connectivity index (χ2v) is 9.51. The summed E-state index contributed by atoms with van der Waals surface area (Å²) in [6.45, 7) is 3.14. The molecule has 1 unspecified atom stereocenters. The van der Waals surface area contributed by atoms with E-state index in [9.17, 15) is 13.2 Å². The SMILES string of the molecule is CC(NC(=O)Cc1ccc(S(=O)(=O)N2CCCCC2)cc1)c1cccs1. The number of piperidine rings is 1. The third-order valence-electron chi connectivity index (χ3n) is 4.59. The molecule has 140 valence electrons. The summed E-state index contributed by atoms with van der Waals surface area (Å²) in [4.78, 5) is 13.6. The topological polar surface area (TPSA) is 66.5 Å². The zero-order valence-electron chi connectivity index (χ0n) is 14.8. The molecule has 1 aromatic heterocycles. The minimum Gasteiger partial charge on any atom is -0.348 e. The first-order chi connectivity index (χ1) is 12.5. The van der Waals surface area contributed by atoms with Gasteiger partial charge < -0.3 is 5.32 Å². The fourth-order valence-corrected chi connectivity index (χ4v) is 5.37. The standard InChI is InChI=1S/C19H24N2O3S2/c1-15(18-6-5-13-25-18)20-19(22)14-16-7-9-17(10-8-16)26(23,24)21-11-3-2-4-12-21/h5-10,13,15H,2-4,11-12,14H2,1H3,(H,20,22). The molecule has 1 aliphatic heterocycles. The number of benzene rings is 1. The molecule has 1 fully saturated rings. The van der Waals surface area contributed by atoms with Crippen molar-refractivity contribution in [1.82, 2.24) is 9.62 Å². The van der Waals surface area contributed by atoms with E-state index in [4.69, 9.17) is 0 Å². The van der Waals surface area contributed by atoms with Crippen LogP contribution in [-0.4, -0.2) is 31.7 Å². The Morgan fingerprint density at radius 2 is 1.85 bits per heavy atom. The van der Waals surface area contributed by atoms with Gasteiger partial charge in [0.05, 0.1) is 17.4 Å². The monoisotopic (exact) mass is 392 g/mol. The lowest BCUT2D eigenvalue weighted by atomic mass is 10.1. The minimum absolute atomic E-state index is 0.0266. The van der Waals surface area contributed by atoms with E-state index in [0.717, 1.165) is 29.7 Å². The Bertz CT molecular complexity index is 824. The van der Waals surface area contributed by atoms with Gasteiger partial charge in [0.25, 0.3) is 0 Å². The fraction of sp³-hybridized carbons (Fsp3) is 0.421. The summed E-state index contributed by atoms with van der Waals surface area (Å²) in [6.07, 6.45) is 3.16. The van der Waals surface area contributed by atoms with Crippen molar-refractivity contribution in [1.29, 1.82) is 0 Å². The Morgan fingerprint density at radius 3 is 2.46 bits per heavy atom. The Kier molecular flexibility index (Phi) is 6.11. The molecule has 1 amide bonds.